The lowest BCUT2D eigenvalue weighted by Gasteiger charge is -2.37. The molecule has 156 valence electrons. The number of nitrogens with zero attached hydrogens (tertiary/aromatic N) is 4. The molecular formula is C18H29Cl2N7O. The van der Waals surface area contributed by atoms with Gasteiger partial charge in [-0.2, -0.15) is 9.97 Å². The summed E-state index contributed by atoms with van der Waals surface area (Å²) in [6.07, 6.45) is 5.58. The van der Waals surface area contributed by atoms with Crippen LogP contribution in [0.3, 0.4) is 0 Å². The first kappa shape index (κ1) is 21.2. The second-order valence-corrected chi connectivity index (χ2v) is 8.31. The van der Waals surface area contributed by atoms with Crippen molar-refractivity contribution >= 4 is 41.0 Å². The van der Waals surface area contributed by atoms with Crippen molar-refractivity contribution in [1.29, 1.82) is 0 Å². The monoisotopic (exact) mass is 429 g/mol. The Balaban J connectivity index is 1.43. The number of carbonyl (C=O) groups is 1. The van der Waals surface area contributed by atoms with E-state index < -0.39 is 6.03 Å². The molecule has 2 fully saturated rings. The largest absolute Gasteiger partial charge is 0.357 e. The standard InChI is InChI=1S/C18H29Cl2N7O/c1-22-18-24-15(20)14(19)16(25-18)27-10-8-26(9-11-27)7-6-12-2-4-13(5-3-12)23-17(21)28/h12-13H,2-11H2,1H3,(H3,21,23,28)(H,22,24,25)/t12-,13-. The Morgan fingerprint density at radius 2 is 1.82 bits per heavy atom. The Morgan fingerprint density at radius 1 is 1.14 bits per heavy atom. The van der Waals surface area contributed by atoms with Gasteiger partial charge in [0.25, 0.3) is 0 Å². The van der Waals surface area contributed by atoms with Crippen LogP contribution in [0.4, 0.5) is 16.6 Å². The SMILES string of the molecule is CNc1nc(Cl)c(Cl)c(N2CCN(CC[C@H]3CC[C@H](NC(N)=O)CC3)CC2)n1. The van der Waals surface area contributed by atoms with Crippen molar-refractivity contribution < 1.29 is 4.79 Å². The second-order valence-electron chi connectivity index (χ2n) is 7.57. The van der Waals surface area contributed by atoms with E-state index in [9.17, 15) is 4.79 Å². The normalized spacial score (nSPS) is 23.5. The molecule has 8 nitrogen and oxygen atoms in total. The minimum atomic E-state index is -0.409. The van der Waals surface area contributed by atoms with Crippen molar-refractivity contribution in [2.75, 3.05) is 50.0 Å². The fourth-order valence-corrected chi connectivity index (χ4v) is 4.44. The van der Waals surface area contributed by atoms with Crippen LogP contribution in [0.1, 0.15) is 32.1 Å². The van der Waals surface area contributed by atoms with Crippen LogP contribution >= 0.6 is 23.2 Å². The summed E-state index contributed by atoms with van der Waals surface area (Å²) in [5.74, 6) is 1.91. The van der Waals surface area contributed by atoms with Crippen LogP contribution in [0, 0.1) is 5.92 Å². The van der Waals surface area contributed by atoms with Crippen LogP contribution in [-0.2, 0) is 0 Å². The smallest absolute Gasteiger partial charge is 0.312 e. The average Bonchev–Trinajstić information content (AvgIpc) is 2.69. The van der Waals surface area contributed by atoms with E-state index in [1.165, 1.54) is 6.42 Å². The highest BCUT2D eigenvalue weighted by Crippen LogP contribution is 2.32. The van der Waals surface area contributed by atoms with Gasteiger partial charge >= 0.3 is 6.03 Å². The molecular weight excluding hydrogens is 401 g/mol. The van der Waals surface area contributed by atoms with E-state index >= 15 is 0 Å². The number of urea groups is 1. The summed E-state index contributed by atoms with van der Waals surface area (Å²) in [6.45, 7) is 4.79. The first-order valence-corrected chi connectivity index (χ1v) is 10.7. The molecule has 2 aliphatic rings. The molecule has 0 bridgehead atoms. The number of piperazine rings is 1. The van der Waals surface area contributed by atoms with Crippen LogP contribution in [0.5, 0.6) is 0 Å². The highest BCUT2D eigenvalue weighted by molar-refractivity contribution is 6.42. The van der Waals surface area contributed by atoms with Gasteiger partial charge in [-0.25, -0.2) is 4.79 Å². The van der Waals surface area contributed by atoms with Gasteiger partial charge in [-0.3, -0.25) is 4.90 Å². The number of primary amides is 1. The number of halogens is 2. The highest BCUT2D eigenvalue weighted by atomic mass is 35.5. The van der Waals surface area contributed by atoms with Crippen LogP contribution in [0.2, 0.25) is 10.2 Å². The van der Waals surface area contributed by atoms with Gasteiger partial charge in [0.2, 0.25) is 5.95 Å². The van der Waals surface area contributed by atoms with Gasteiger partial charge in [0.1, 0.15) is 5.02 Å². The third kappa shape index (κ3) is 5.52. The minimum absolute atomic E-state index is 0.254. The molecule has 0 radical (unpaired) electrons. The molecule has 1 aliphatic carbocycles. The van der Waals surface area contributed by atoms with E-state index in [4.69, 9.17) is 28.9 Å². The minimum Gasteiger partial charge on any atom is -0.357 e. The van der Waals surface area contributed by atoms with Gasteiger partial charge in [0.05, 0.1) is 0 Å². The van der Waals surface area contributed by atoms with Crippen molar-refractivity contribution in [1.82, 2.24) is 20.2 Å². The molecule has 3 rings (SSSR count). The molecule has 2 heterocycles. The van der Waals surface area contributed by atoms with Crippen molar-refractivity contribution in [3.05, 3.63) is 10.2 Å². The topological polar surface area (TPSA) is 99.4 Å². The van der Waals surface area contributed by atoms with Gasteiger partial charge < -0.3 is 21.3 Å². The maximum atomic E-state index is 11.0. The third-order valence-corrected chi connectivity index (χ3v) is 6.45. The number of nitrogens with two attached hydrogens (primary N) is 1. The molecule has 28 heavy (non-hydrogen) atoms. The summed E-state index contributed by atoms with van der Waals surface area (Å²) in [7, 11) is 1.76. The molecule has 0 unspecified atom stereocenters. The fraction of sp³-hybridized carbons (Fsp3) is 0.722. The van der Waals surface area contributed by atoms with Gasteiger partial charge in [-0.15, -0.1) is 0 Å². The van der Waals surface area contributed by atoms with E-state index in [1.807, 2.05) is 0 Å². The number of aromatic nitrogens is 2. The number of hydrogen-bond donors (Lipinski definition) is 3. The molecule has 0 aromatic carbocycles. The molecule has 1 aromatic heterocycles. The fourth-order valence-electron chi connectivity index (χ4n) is 4.08. The number of nitrogens with one attached hydrogen (secondary N) is 2. The first-order chi connectivity index (χ1) is 13.5. The number of anilines is 2. The molecule has 1 aliphatic heterocycles. The maximum absolute atomic E-state index is 11.0. The average molecular weight is 430 g/mol. The predicted octanol–water partition coefficient (Wildman–Crippen LogP) is 2.56. The zero-order valence-corrected chi connectivity index (χ0v) is 17.8. The van der Waals surface area contributed by atoms with Crippen molar-refractivity contribution in [3.8, 4) is 0 Å². The number of amides is 2. The molecule has 4 N–H and O–H groups in total. The summed E-state index contributed by atoms with van der Waals surface area (Å²) in [5, 5.41) is 6.44. The van der Waals surface area contributed by atoms with E-state index in [1.54, 1.807) is 7.05 Å². The van der Waals surface area contributed by atoms with Crippen LogP contribution in [0.25, 0.3) is 0 Å². The summed E-state index contributed by atoms with van der Waals surface area (Å²) in [5.41, 5.74) is 5.21. The van der Waals surface area contributed by atoms with Crippen molar-refractivity contribution in [3.63, 3.8) is 0 Å². The Bertz CT molecular complexity index is 674. The van der Waals surface area contributed by atoms with Gasteiger partial charge in [0, 0.05) is 39.3 Å². The molecule has 1 saturated carbocycles. The zero-order chi connectivity index (χ0) is 20.1. The molecule has 10 heteroatoms. The lowest BCUT2D eigenvalue weighted by atomic mass is 9.84. The molecule has 0 spiro atoms. The van der Waals surface area contributed by atoms with E-state index in [0.29, 0.717) is 16.8 Å². The maximum Gasteiger partial charge on any atom is 0.312 e. The zero-order valence-electron chi connectivity index (χ0n) is 16.3. The van der Waals surface area contributed by atoms with Crippen LogP contribution in [-0.4, -0.2) is 66.7 Å². The Kier molecular flexibility index (Phi) is 7.42. The molecule has 1 aromatic rings. The highest BCUT2D eigenvalue weighted by Gasteiger charge is 2.25. The predicted molar refractivity (Wildman–Crippen MR) is 113 cm³/mol. The molecule has 0 atom stereocenters. The quantitative estimate of drug-likeness (QED) is 0.600. The number of carbonyl (C=O) groups excluding carboxylic acids is 1. The Labute approximate surface area is 176 Å². The van der Waals surface area contributed by atoms with Gasteiger partial charge in [-0.05, 0) is 44.6 Å². The Morgan fingerprint density at radius 3 is 2.43 bits per heavy atom. The van der Waals surface area contributed by atoms with Crippen molar-refractivity contribution in [2.24, 2.45) is 11.7 Å². The third-order valence-electron chi connectivity index (χ3n) is 5.74. The van der Waals surface area contributed by atoms with Gasteiger partial charge in [-0.1, -0.05) is 23.2 Å². The molecule has 2 amide bonds. The van der Waals surface area contributed by atoms with E-state index in [0.717, 1.165) is 64.3 Å². The summed E-state index contributed by atoms with van der Waals surface area (Å²) < 4.78 is 0. The summed E-state index contributed by atoms with van der Waals surface area (Å²) in [4.78, 5) is 24.2. The lowest BCUT2D eigenvalue weighted by Crippen LogP contribution is -2.47. The van der Waals surface area contributed by atoms with Crippen LogP contribution < -0.4 is 21.3 Å². The van der Waals surface area contributed by atoms with E-state index in [-0.39, 0.29) is 11.2 Å². The molecule has 1 saturated heterocycles. The summed E-state index contributed by atoms with van der Waals surface area (Å²) >= 11 is 12.5. The lowest BCUT2D eigenvalue weighted by molar-refractivity contribution is 0.207. The van der Waals surface area contributed by atoms with Crippen molar-refractivity contribution in [2.45, 2.75) is 38.1 Å². The van der Waals surface area contributed by atoms with E-state index in [2.05, 4.69) is 30.4 Å². The van der Waals surface area contributed by atoms with Gasteiger partial charge in [0.15, 0.2) is 11.0 Å². The number of hydrogen-bond acceptors (Lipinski definition) is 6. The second kappa shape index (κ2) is 9.80. The first-order valence-electron chi connectivity index (χ1n) is 9.90. The Hall–Kier alpha value is -1.51. The summed E-state index contributed by atoms with van der Waals surface area (Å²) in [6, 6.07) is -0.155. The number of rotatable bonds is 6. The van der Waals surface area contributed by atoms with Crippen LogP contribution in [0.15, 0.2) is 0 Å².